The van der Waals surface area contributed by atoms with E-state index >= 15 is 0 Å². The van der Waals surface area contributed by atoms with E-state index in [0.717, 1.165) is 42.0 Å². The number of benzene rings is 1. The largest absolute Gasteiger partial charge is 0.326 e. The number of anilines is 1. The Balaban J connectivity index is 1.34. The number of nitrogens with zero attached hydrogens (tertiary/aromatic N) is 6. The van der Waals surface area contributed by atoms with Gasteiger partial charge in [-0.1, -0.05) is 12.1 Å². The molecule has 2 atom stereocenters. The molecule has 2 aromatic heterocycles. The van der Waals surface area contributed by atoms with Crippen LogP contribution in [0, 0.1) is 5.92 Å². The van der Waals surface area contributed by atoms with Crippen LogP contribution in [-0.4, -0.2) is 49.0 Å². The van der Waals surface area contributed by atoms with Crippen LogP contribution in [0.25, 0.3) is 11.4 Å². The summed E-state index contributed by atoms with van der Waals surface area (Å²) in [5.41, 5.74) is 2.75. The van der Waals surface area contributed by atoms with Crippen molar-refractivity contribution in [3.63, 3.8) is 0 Å². The van der Waals surface area contributed by atoms with Gasteiger partial charge in [-0.25, -0.2) is 4.68 Å². The highest BCUT2D eigenvalue weighted by molar-refractivity contribution is 5.94. The summed E-state index contributed by atoms with van der Waals surface area (Å²) in [6, 6.07) is 8.11. The first-order valence-electron chi connectivity index (χ1n) is 9.57. The van der Waals surface area contributed by atoms with Crippen LogP contribution in [0.4, 0.5) is 5.69 Å². The van der Waals surface area contributed by atoms with E-state index in [4.69, 9.17) is 0 Å². The summed E-state index contributed by atoms with van der Waals surface area (Å²) >= 11 is 0. The van der Waals surface area contributed by atoms with Crippen molar-refractivity contribution in [3.8, 4) is 11.4 Å². The molecule has 1 aromatic carbocycles. The maximum absolute atomic E-state index is 13.0. The van der Waals surface area contributed by atoms with Crippen molar-refractivity contribution in [3.05, 3.63) is 42.2 Å². The van der Waals surface area contributed by atoms with E-state index in [1.54, 1.807) is 4.68 Å². The number of hydrogen-bond acceptors (Lipinski definition) is 6. The number of tetrazole rings is 1. The van der Waals surface area contributed by atoms with E-state index in [2.05, 4.69) is 31.3 Å². The molecule has 2 aliphatic rings. The zero-order chi connectivity index (χ0) is 19.1. The normalized spacial score (nSPS) is 21.8. The third-order valence-corrected chi connectivity index (χ3v) is 5.48. The van der Waals surface area contributed by atoms with Gasteiger partial charge in [0.25, 0.3) is 0 Å². The molecule has 1 amide bonds. The number of hydrogen-bond donors (Lipinski definition) is 2. The molecule has 0 spiro atoms. The average molecular weight is 378 g/mol. The Morgan fingerprint density at radius 3 is 2.96 bits per heavy atom. The summed E-state index contributed by atoms with van der Waals surface area (Å²) in [7, 11) is 1.89. The predicted molar refractivity (Wildman–Crippen MR) is 102 cm³/mol. The van der Waals surface area contributed by atoms with Gasteiger partial charge in [0, 0.05) is 43.5 Å². The summed E-state index contributed by atoms with van der Waals surface area (Å²) in [6.07, 6.45) is 6.05. The van der Waals surface area contributed by atoms with Gasteiger partial charge in [0.1, 0.15) is 0 Å². The summed E-state index contributed by atoms with van der Waals surface area (Å²) < 4.78 is 3.65. The molecule has 2 N–H and O–H groups in total. The van der Waals surface area contributed by atoms with Gasteiger partial charge in [-0.2, -0.15) is 5.10 Å². The van der Waals surface area contributed by atoms with Crippen LogP contribution >= 0.6 is 0 Å². The molecule has 9 nitrogen and oxygen atoms in total. The Morgan fingerprint density at radius 1 is 1.29 bits per heavy atom. The van der Waals surface area contributed by atoms with Crippen molar-refractivity contribution in [1.29, 1.82) is 0 Å². The first-order chi connectivity index (χ1) is 13.7. The Labute approximate surface area is 162 Å². The fraction of sp³-hybridized carbons (Fsp3) is 0.421. The summed E-state index contributed by atoms with van der Waals surface area (Å²) in [4.78, 5) is 13.0. The lowest BCUT2D eigenvalue weighted by atomic mass is 9.90. The number of aromatic nitrogens is 6. The zero-order valence-electron chi connectivity index (χ0n) is 15.6. The van der Waals surface area contributed by atoms with E-state index in [9.17, 15) is 4.79 Å². The molecule has 28 heavy (non-hydrogen) atoms. The minimum atomic E-state index is -0.135. The Hall–Kier alpha value is -3.07. The maximum Gasteiger partial charge on any atom is 0.229 e. The standard InChI is InChI=1S/C19H22N8O/c1-26-11-13(8-21-26)16-9-20-10-17(16)19(28)22-14-4-2-3-12(7-14)18-23-24-25-27(18)15-5-6-15/h2-4,7-8,11,15-17,20H,5-6,9-10H2,1H3,(H,22,28)/t16-,17+/m1/s1. The number of nitrogens with one attached hydrogen (secondary N) is 2. The van der Waals surface area contributed by atoms with Gasteiger partial charge in [-0.15, -0.1) is 5.10 Å². The van der Waals surface area contributed by atoms with E-state index in [-0.39, 0.29) is 17.7 Å². The van der Waals surface area contributed by atoms with E-state index in [1.807, 2.05) is 48.4 Å². The van der Waals surface area contributed by atoms with Gasteiger partial charge in [0.05, 0.1) is 18.2 Å². The third kappa shape index (κ3) is 3.18. The fourth-order valence-electron chi connectivity index (χ4n) is 3.86. The molecule has 9 heteroatoms. The quantitative estimate of drug-likeness (QED) is 0.695. The minimum absolute atomic E-state index is 0.0118. The number of carbonyl (C=O) groups excluding carboxylic acids is 1. The minimum Gasteiger partial charge on any atom is -0.326 e. The van der Waals surface area contributed by atoms with Crippen LogP contribution < -0.4 is 10.6 Å². The Morgan fingerprint density at radius 2 is 2.18 bits per heavy atom. The molecule has 3 heterocycles. The maximum atomic E-state index is 13.0. The lowest BCUT2D eigenvalue weighted by molar-refractivity contribution is -0.119. The van der Waals surface area contributed by atoms with Crippen molar-refractivity contribution in [2.75, 3.05) is 18.4 Å². The molecule has 1 aliphatic heterocycles. The molecular weight excluding hydrogens is 356 g/mol. The van der Waals surface area contributed by atoms with Gasteiger partial charge >= 0.3 is 0 Å². The fourth-order valence-corrected chi connectivity index (χ4v) is 3.86. The van der Waals surface area contributed by atoms with Crippen molar-refractivity contribution >= 4 is 11.6 Å². The molecule has 5 rings (SSSR count). The smallest absolute Gasteiger partial charge is 0.229 e. The van der Waals surface area contributed by atoms with Crippen molar-refractivity contribution in [2.24, 2.45) is 13.0 Å². The van der Waals surface area contributed by atoms with Crippen LogP contribution in [0.15, 0.2) is 36.7 Å². The van der Waals surface area contributed by atoms with Gasteiger partial charge < -0.3 is 10.6 Å². The molecule has 1 saturated carbocycles. The van der Waals surface area contributed by atoms with E-state index in [1.165, 1.54) is 0 Å². The first-order valence-corrected chi connectivity index (χ1v) is 9.57. The molecule has 1 saturated heterocycles. The Bertz CT molecular complexity index is 1000. The highest BCUT2D eigenvalue weighted by Crippen LogP contribution is 2.37. The summed E-state index contributed by atoms with van der Waals surface area (Å²) in [5, 5.41) is 22.7. The third-order valence-electron chi connectivity index (χ3n) is 5.48. The monoisotopic (exact) mass is 378 g/mol. The van der Waals surface area contributed by atoms with E-state index in [0.29, 0.717) is 12.6 Å². The number of amides is 1. The molecule has 2 fully saturated rings. The molecule has 3 aromatic rings. The average Bonchev–Trinajstić information content (AvgIpc) is 3.11. The van der Waals surface area contributed by atoms with Crippen molar-refractivity contribution in [2.45, 2.75) is 24.8 Å². The molecule has 1 aliphatic carbocycles. The molecular formula is C19H22N8O. The van der Waals surface area contributed by atoms with Gasteiger partial charge in [0.15, 0.2) is 5.82 Å². The van der Waals surface area contributed by atoms with Crippen LogP contribution in [-0.2, 0) is 11.8 Å². The molecule has 144 valence electrons. The second-order valence-corrected chi connectivity index (χ2v) is 7.57. The zero-order valence-corrected chi connectivity index (χ0v) is 15.6. The topological polar surface area (TPSA) is 103 Å². The van der Waals surface area contributed by atoms with Crippen LogP contribution in [0.2, 0.25) is 0 Å². The summed E-state index contributed by atoms with van der Waals surface area (Å²) in [5.74, 6) is 0.746. The van der Waals surface area contributed by atoms with Crippen LogP contribution in [0.5, 0.6) is 0 Å². The first kappa shape index (κ1) is 17.1. The second kappa shape index (κ2) is 6.83. The molecule has 0 bridgehead atoms. The molecule has 0 radical (unpaired) electrons. The van der Waals surface area contributed by atoms with E-state index < -0.39 is 0 Å². The molecule has 0 unspecified atom stereocenters. The van der Waals surface area contributed by atoms with Gasteiger partial charge in [-0.05, 0) is 41.0 Å². The Kier molecular flexibility index (Phi) is 4.16. The highest BCUT2D eigenvalue weighted by atomic mass is 16.2. The highest BCUT2D eigenvalue weighted by Gasteiger charge is 2.35. The SMILES string of the molecule is Cn1cc([C@H]2CNC[C@@H]2C(=O)Nc2cccc(-c3nnnn3C3CC3)c2)cn1. The summed E-state index contributed by atoms with van der Waals surface area (Å²) in [6.45, 7) is 1.44. The van der Waals surface area contributed by atoms with Crippen molar-refractivity contribution in [1.82, 2.24) is 35.3 Å². The van der Waals surface area contributed by atoms with Crippen LogP contribution in [0.3, 0.4) is 0 Å². The number of rotatable bonds is 5. The van der Waals surface area contributed by atoms with Crippen LogP contribution in [0.1, 0.15) is 30.4 Å². The second-order valence-electron chi connectivity index (χ2n) is 7.57. The lowest BCUT2D eigenvalue weighted by Gasteiger charge is -2.17. The number of carbonyl (C=O) groups is 1. The van der Waals surface area contributed by atoms with Gasteiger partial charge in [-0.3, -0.25) is 9.48 Å². The lowest BCUT2D eigenvalue weighted by Crippen LogP contribution is -2.28. The van der Waals surface area contributed by atoms with Gasteiger partial charge in [0.2, 0.25) is 5.91 Å². The van der Waals surface area contributed by atoms with Crippen molar-refractivity contribution < 1.29 is 4.79 Å². The number of aryl methyl sites for hydroxylation is 1. The predicted octanol–water partition coefficient (Wildman–Crippen LogP) is 1.35.